The first-order valence-electron chi connectivity index (χ1n) is 6.56. The number of carbonyl (C=O) groups is 2. The van der Waals surface area contributed by atoms with Gasteiger partial charge < -0.3 is 10.5 Å². The van der Waals surface area contributed by atoms with Crippen LogP contribution in [0.4, 0.5) is 0 Å². The Morgan fingerprint density at radius 2 is 2.09 bits per heavy atom. The van der Waals surface area contributed by atoms with Gasteiger partial charge in [0.15, 0.2) is 0 Å². The lowest BCUT2D eigenvalue weighted by Gasteiger charge is -2.07. The second-order valence-corrected chi connectivity index (χ2v) is 5.40. The van der Waals surface area contributed by atoms with Crippen molar-refractivity contribution in [2.24, 2.45) is 10.8 Å². The van der Waals surface area contributed by atoms with E-state index < -0.39 is 5.91 Å². The lowest BCUT2D eigenvalue weighted by atomic mass is 10.3. The number of nitrogens with one attached hydrogen (secondary N) is 1. The summed E-state index contributed by atoms with van der Waals surface area (Å²) < 4.78 is 5.45. The van der Waals surface area contributed by atoms with Crippen molar-refractivity contribution in [3.05, 3.63) is 28.2 Å². The molecule has 0 saturated heterocycles. The van der Waals surface area contributed by atoms with Gasteiger partial charge in [-0.25, -0.2) is 5.43 Å². The number of hydrazone groups is 1. The molecule has 6 nitrogen and oxygen atoms in total. The molecule has 0 fully saturated rings. The Kier molecular flexibility index (Phi) is 7.70. The van der Waals surface area contributed by atoms with Gasteiger partial charge in [0, 0.05) is 17.2 Å². The maximum absolute atomic E-state index is 11.5. The van der Waals surface area contributed by atoms with Gasteiger partial charge in [-0.2, -0.15) is 5.10 Å². The molecule has 0 bridgehead atoms. The summed E-state index contributed by atoms with van der Waals surface area (Å²) in [6, 6.07) is 4.93. The molecule has 1 aromatic carbocycles. The molecule has 8 heteroatoms. The van der Waals surface area contributed by atoms with E-state index in [2.05, 4.69) is 10.5 Å². The minimum Gasteiger partial charge on any atom is -0.492 e. The van der Waals surface area contributed by atoms with Crippen molar-refractivity contribution in [1.29, 1.82) is 0 Å². The summed E-state index contributed by atoms with van der Waals surface area (Å²) in [7, 11) is 0. The quantitative estimate of drug-likeness (QED) is 0.430. The molecular formula is C14H17Cl2N3O3. The second-order valence-electron chi connectivity index (χ2n) is 4.55. The Morgan fingerprint density at radius 3 is 2.73 bits per heavy atom. The number of amides is 2. The van der Waals surface area contributed by atoms with Crippen molar-refractivity contribution >= 4 is 40.7 Å². The number of rotatable bonds is 8. The van der Waals surface area contributed by atoms with Crippen LogP contribution >= 0.6 is 23.2 Å². The smallest absolute Gasteiger partial charge is 0.240 e. The first-order valence-corrected chi connectivity index (χ1v) is 7.32. The minimum atomic E-state index is -0.497. The first-order chi connectivity index (χ1) is 10.4. The van der Waals surface area contributed by atoms with Crippen molar-refractivity contribution in [2.75, 3.05) is 6.61 Å². The highest BCUT2D eigenvalue weighted by atomic mass is 35.5. The minimum absolute atomic E-state index is 0.0124. The molecule has 22 heavy (non-hydrogen) atoms. The zero-order valence-electron chi connectivity index (χ0n) is 12.1. The van der Waals surface area contributed by atoms with E-state index in [1.54, 1.807) is 25.1 Å². The number of benzene rings is 1. The number of primary amides is 1. The zero-order valence-corrected chi connectivity index (χ0v) is 13.6. The van der Waals surface area contributed by atoms with Crippen LogP contribution in [-0.4, -0.2) is 24.1 Å². The maximum Gasteiger partial charge on any atom is 0.240 e. The molecule has 2 amide bonds. The highest BCUT2D eigenvalue weighted by Crippen LogP contribution is 2.27. The highest BCUT2D eigenvalue weighted by Gasteiger charge is 2.04. The van der Waals surface area contributed by atoms with Crippen LogP contribution < -0.4 is 15.9 Å². The Morgan fingerprint density at radius 1 is 1.36 bits per heavy atom. The van der Waals surface area contributed by atoms with E-state index >= 15 is 0 Å². The van der Waals surface area contributed by atoms with E-state index in [1.807, 2.05) is 0 Å². The first kappa shape index (κ1) is 18.3. The predicted molar refractivity (Wildman–Crippen MR) is 86.3 cm³/mol. The average Bonchev–Trinajstić information content (AvgIpc) is 2.42. The molecule has 0 aliphatic heterocycles. The molecular weight excluding hydrogens is 329 g/mol. The van der Waals surface area contributed by atoms with Gasteiger partial charge in [0.05, 0.1) is 18.1 Å². The van der Waals surface area contributed by atoms with Gasteiger partial charge in [-0.3, -0.25) is 9.59 Å². The van der Waals surface area contributed by atoms with Crippen molar-refractivity contribution in [2.45, 2.75) is 26.2 Å². The Balaban J connectivity index is 2.26. The molecule has 0 atom stereocenters. The third kappa shape index (κ3) is 7.28. The van der Waals surface area contributed by atoms with Gasteiger partial charge >= 0.3 is 0 Å². The summed E-state index contributed by atoms with van der Waals surface area (Å²) in [6.45, 7) is 1.94. The lowest BCUT2D eigenvalue weighted by Crippen LogP contribution is -2.21. The van der Waals surface area contributed by atoms with Gasteiger partial charge in [0.1, 0.15) is 5.75 Å². The number of nitrogens with two attached hydrogens (primary N) is 1. The molecule has 1 rings (SSSR count). The fourth-order valence-electron chi connectivity index (χ4n) is 1.51. The molecule has 3 N–H and O–H groups in total. The van der Waals surface area contributed by atoms with E-state index in [1.165, 1.54) is 0 Å². The van der Waals surface area contributed by atoms with E-state index in [-0.39, 0.29) is 18.7 Å². The van der Waals surface area contributed by atoms with Crippen LogP contribution in [0.25, 0.3) is 0 Å². The van der Waals surface area contributed by atoms with Crippen LogP contribution in [0.5, 0.6) is 5.75 Å². The summed E-state index contributed by atoms with van der Waals surface area (Å²) in [4.78, 5) is 22.2. The molecule has 0 saturated carbocycles. The summed E-state index contributed by atoms with van der Waals surface area (Å²) in [5, 5.41) is 4.71. The number of halogens is 2. The van der Waals surface area contributed by atoms with Crippen molar-refractivity contribution in [1.82, 2.24) is 5.43 Å². The fraction of sp³-hybridized carbons (Fsp3) is 0.357. The van der Waals surface area contributed by atoms with E-state index in [0.29, 0.717) is 34.5 Å². The zero-order chi connectivity index (χ0) is 16.5. The van der Waals surface area contributed by atoms with Crippen LogP contribution in [0.2, 0.25) is 10.0 Å². The summed E-state index contributed by atoms with van der Waals surface area (Å²) in [6.07, 6.45) is 0.742. The summed E-state index contributed by atoms with van der Waals surface area (Å²) in [5.74, 6) is -0.250. The monoisotopic (exact) mass is 345 g/mol. The molecule has 0 aliphatic rings. The van der Waals surface area contributed by atoms with Crippen LogP contribution in [0, 0.1) is 0 Å². The largest absolute Gasteiger partial charge is 0.492 e. The van der Waals surface area contributed by atoms with Crippen LogP contribution in [0.1, 0.15) is 26.2 Å². The molecule has 0 spiro atoms. The Bertz CT molecular complexity index is 576. The van der Waals surface area contributed by atoms with Crippen LogP contribution in [-0.2, 0) is 9.59 Å². The molecule has 0 aliphatic carbocycles. The molecule has 1 aromatic rings. The molecule has 0 unspecified atom stereocenters. The van der Waals surface area contributed by atoms with E-state index in [0.717, 1.165) is 0 Å². The number of nitrogens with zero attached hydrogens (tertiary/aromatic N) is 1. The molecule has 0 heterocycles. The van der Waals surface area contributed by atoms with Crippen LogP contribution in [0.15, 0.2) is 23.3 Å². The molecule has 120 valence electrons. The van der Waals surface area contributed by atoms with Gasteiger partial charge in [-0.05, 0) is 31.5 Å². The lowest BCUT2D eigenvalue weighted by molar-refractivity contribution is -0.121. The van der Waals surface area contributed by atoms with Crippen molar-refractivity contribution in [3.8, 4) is 5.75 Å². The number of ether oxygens (including phenoxy) is 1. The second kappa shape index (κ2) is 9.27. The highest BCUT2D eigenvalue weighted by molar-refractivity contribution is 6.35. The SMILES string of the molecule is CC(CC(N)=O)=NNC(=O)CCCOc1ccc(Cl)cc1Cl. The Hall–Kier alpha value is -1.79. The third-order valence-electron chi connectivity index (χ3n) is 2.50. The Labute approximate surface area is 138 Å². The van der Waals surface area contributed by atoms with Crippen molar-refractivity contribution in [3.63, 3.8) is 0 Å². The molecule has 0 aromatic heterocycles. The summed E-state index contributed by atoms with van der Waals surface area (Å²) >= 11 is 11.7. The van der Waals surface area contributed by atoms with Crippen LogP contribution in [0.3, 0.4) is 0 Å². The van der Waals surface area contributed by atoms with Gasteiger partial charge in [0.25, 0.3) is 0 Å². The van der Waals surface area contributed by atoms with Crippen molar-refractivity contribution < 1.29 is 14.3 Å². The normalized spacial score (nSPS) is 11.1. The van der Waals surface area contributed by atoms with Gasteiger partial charge in [-0.1, -0.05) is 23.2 Å². The number of hydrogen-bond acceptors (Lipinski definition) is 4. The third-order valence-corrected chi connectivity index (χ3v) is 3.03. The van der Waals surface area contributed by atoms with Gasteiger partial charge in [0.2, 0.25) is 11.8 Å². The molecule has 0 radical (unpaired) electrons. The number of hydrogen-bond donors (Lipinski definition) is 2. The van der Waals surface area contributed by atoms with Gasteiger partial charge in [-0.15, -0.1) is 0 Å². The summed E-state index contributed by atoms with van der Waals surface area (Å²) in [5.41, 5.74) is 7.80. The van der Waals surface area contributed by atoms with E-state index in [4.69, 9.17) is 33.7 Å². The standard InChI is InChI=1S/C14H17Cl2N3O3/c1-9(7-13(17)20)18-19-14(21)3-2-6-22-12-5-4-10(15)8-11(12)16/h4-5,8H,2-3,6-7H2,1H3,(H2,17,20)(H,19,21). The topological polar surface area (TPSA) is 93.8 Å². The fourth-order valence-corrected chi connectivity index (χ4v) is 1.98. The van der Waals surface area contributed by atoms with E-state index in [9.17, 15) is 9.59 Å². The maximum atomic E-state index is 11.5. The average molecular weight is 346 g/mol. The number of carbonyl (C=O) groups excluding carboxylic acids is 2. The predicted octanol–water partition coefficient (Wildman–Crippen LogP) is 2.52.